The number of amides is 2. The lowest BCUT2D eigenvalue weighted by molar-refractivity contribution is -0.132. The first-order chi connectivity index (χ1) is 11.7. The lowest BCUT2D eigenvalue weighted by Crippen LogP contribution is -2.38. The number of carbonyl (C=O) groups is 2. The smallest absolute Gasteiger partial charge is 0.294 e. The summed E-state index contributed by atoms with van der Waals surface area (Å²) in [6.07, 6.45) is 3.79. The molecule has 0 unspecified atom stereocenters. The lowest BCUT2D eigenvalue weighted by Gasteiger charge is -2.27. The number of nitrogens with one attached hydrogen (secondary N) is 1. The molecule has 0 saturated heterocycles. The quantitative estimate of drug-likeness (QED) is 0.641. The number of fused-ring (bicyclic) bond motifs is 1. The molecule has 0 radical (unpaired) electrons. The van der Waals surface area contributed by atoms with E-state index in [0.29, 0.717) is 31.9 Å². The highest BCUT2D eigenvalue weighted by Gasteiger charge is 2.23. The number of nitrogens with zero attached hydrogens (tertiary/aromatic N) is 3. The second kappa shape index (κ2) is 7.27. The molecule has 1 aliphatic heterocycles. The fourth-order valence-corrected chi connectivity index (χ4v) is 2.88. The molecule has 0 spiro atoms. The van der Waals surface area contributed by atoms with Crippen molar-refractivity contribution in [2.45, 2.75) is 32.4 Å². The van der Waals surface area contributed by atoms with Gasteiger partial charge in [-0.25, -0.2) is 10.5 Å². The summed E-state index contributed by atoms with van der Waals surface area (Å²) in [6, 6.07) is 10.1. The molecule has 2 amide bonds. The zero-order valence-electron chi connectivity index (χ0n) is 13.3. The molecule has 1 aromatic carbocycles. The Morgan fingerprint density at radius 1 is 1.21 bits per heavy atom. The van der Waals surface area contributed by atoms with Crippen molar-refractivity contribution in [1.29, 1.82) is 0 Å². The van der Waals surface area contributed by atoms with E-state index < -0.39 is 5.91 Å². The summed E-state index contributed by atoms with van der Waals surface area (Å²) in [5, 5.41) is 8.67. The average molecular weight is 328 g/mol. The number of hydrogen-bond donors (Lipinski definition) is 2. The van der Waals surface area contributed by atoms with Crippen LogP contribution in [0.15, 0.2) is 36.5 Å². The highest BCUT2D eigenvalue weighted by atomic mass is 16.5. The van der Waals surface area contributed by atoms with Gasteiger partial charge >= 0.3 is 0 Å². The van der Waals surface area contributed by atoms with Crippen molar-refractivity contribution in [2.24, 2.45) is 0 Å². The highest BCUT2D eigenvalue weighted by Crippen LogP contribution is 2.15. The van der Waals surface area contributed by atoms with Gasteiger partial charge in [0.1, 0.15) is 11.5 Å². The summed E-state index contributed by atoms with van der Waals surface area (Å²) in [7, 11) is 0. The Bertz CT molecular complexity index is 727. The topological polar surface area (TPSA) is 87.5 Å². The number of carbonyl (C=O) groups excluding carboxylic acids is 2. The summed E-state index contributed by atoms with van der Waals surface area (Å²) in [5.74, 6) is 0.127. The minimum Gasteiger partial charge on any atom is -0.333 e. The van der Waals surface area contributed by atoms with Crippen LogP contribution in [0, 0.1) is 0 Å². The van der Waals surface area contributed by atoms with E-state index >= 15 is 0 Å². The first-order valence-electron chi connectivity index (χ1n) is 7.99. The minimum atomic E-state index is -0.641. The van der Waals surface area contributed by atoms with Gasteiger partial charge in [-0.1, -0.05) is 30.3 Å². The van der Waals surface area contributed by atoms with Gasteiger partial charge < -0.3 is 9.47 Å². The van der Waals surface area contributed by atoms with E-state index in [1.807, 2.05) is 22.8 Å². The molecule has 0 saturated carbocycles. The second-order valence-corrected chi connectivity index (χ2v) is 5.83. The molecule has 0 bridgehead atoms. The molecule has 0 fully saturated rings. The number of hydroxylamine groups is 1. The highest BCUT2D eigenvalue weighted by molar-refractivity contribution is 5.91. The number of imidazole rings is 1. The predicted molar refractivity (Wildman–Crippen MR) is 86.3 cm³/mol. The Morgan fingerprint density at radius 3 is 2.75 bits per heavy atom. The van der Waals surface area contributed by atoms with Crippen molar-refractivity contribution >= 4 is 11.8 Å². The van der Waals surface area contributed by atoms with E-state index in [-0.39, 0.29) is 11.6 Å². The van der Waals surface area contributed by atoms with Crippen LogP contribution in [0.25, 0.3) is 0 Å². The average Bonchev–Trinajstić information content (AvgIpc) is 3.05. The molecule has 1 aromatic heterocycles. The largest absolute Gasteiger partial charge is 0.333 e. The Labute approximate surface area is 139 Å². The van der Waals surface area contributed by atoms with Crippen LogP contribution < -0.4 is 5.48 Å². The predicted octanol–water partition coefficient (Wildman–Crippen LogP) is 1.37. The van der Waals surface area contributed by atoms with Crippen LogP contribution in [0.4, 0.5) is 0 Å². The summed E-state index contributed by atoms with van der Waals surface area (Å²) in [5.41, 5.74) is 2.97. The van der Waals surface area contributed by atoms with Crippen molar-refractivity contribution < 1.29 is 14.8 Å². The number of hydrogen-bond acceptors (Lipinski definition) is 4. The van der Waals surface area contributed by atoms with Gasteiger partial charge in [0.05, 0.1) is 6.54 Å². The molecule has 7 heteroatoms. The third-order valence-electron chi connectivity index (χ3n) is 4.19. The first kappa shape index (κ1) is 16.2. The Hall–Kier alpha value is -2.67. The van der Waals surface area contributed by atoms with Gasteiger partial charge in [-0.15, -0.1) is 0 Å². The van der Waals surface area contributed by atoms with Crippen LogP contribution >= 0.6 is 0 Å². The lowest BCUT2D eigenvalue weighted by atomic mass is 10.1. The van der Waals surface area contributed by atoms with Gasteiger partial charge in [-0.05, 0) is 18.4 Å². The fourth-order valence-electron chi connectivity index (χ4n) is 2.88. The maximum atomic E-state index is 12.4. The van der Waals surface area contributed by atoms with E-state index in [1.54, 1.807) is 16.6 Å². The number of benzene rings is 1. The summed E-state index contributed by atoms with van der Waals surface area (Å²) in [6.45, 7) is 1.60. The summed E-state index contributed by atoms with van der Waals surface area (Å²) < 4.78 is 1.85. The number of rotatable bonds is 5. The van der Waals surface area contributed by atoms with Crippen LogP contribution in [0.2, 0.25) is 0 Å². The van der Waals surface area contributed by atoms with Crippen LogP contribution in [-0.4, -0.2) is 38.0 Å². The van der Waals surface area contributed by atoms with Gasteiger partial charge in [-0.3, -0.25) is 14.8 Å². The molecule has 2 heterocycles. The minimum absolute atomic E-state index is 0.105. The van der Waals surface area contributed by atoms with Gasteiger partial charge in [0, 0.05) is 25.7 Å². The Kier molecular flexibility index (Phi) is 4.90. The van der Waals surface area contributed by atoms with E-state index in [9.17, 15) is 9.59 Å². The van der Waals surface area contributed by atoms with Gasteiger partial charge in [-0.2, -0.15) is 0 Å². The molecular weight excluding hydrogens is 308 g/mol. The zero-order chi connectivity index (χ0) is 16.9. The maximum Gasteiger partial charge on any atom is 0.294 e. The van der Waals surface area contributed by atoms with Crippen LogP contribution in [0.3, 0.4) is 0 Å². The number of aryl methyl sites for hydroxylation is 1. The van der Waals surface area contributed by atoms with Gasteiger partial charge in [0.15, 0.2) is 0 Å². The van der Waals surface area contributed by atoms with E-state index in [4.69, 9.17) is 5.21 Å². The molecule has 2 N–H and O–H groups in total. The summed E-state index contributed by atoms with van der Waals surface area (Å²) in [4.78, 5) is 29.7. The molecule has 7 nitrogen and oxygen atoms in total. The fraction of sp³-hybridized carbons (Fsp3) is 0.353. The second-order valence-electron chi connectivity index (χ2n) is 5.83. The Morgan fingerprint density at radius 2 is 2.00 bits per heavy atom. The zero-order valence-corrected chi connectivity index (χ0v) is 13.3. The normalized spacial score (nSPS) is 13.5. The van der Waals surface area contributed by atoms with Crippen molar-refractivity contribution in [3.05, 3.63) is 53.6 Å². The maximum absolute atomic E-state index is 12.4. The monoisotopic (exact) mass is 328 g/mol. The molecule has 2 aromatic rings. The summed E-state index contributed by atoms with van der Waals surface area (Å²) >= 11 is 0. The molecular formula is C17H20N4O3. The van der Waals surface area contributed by atoms with Crippen LogP contribution in [-0.2, 0) is 24.3 Å². The molecule has 24 heavy (non-hydrogen) atoms. The molecule has 3 rings (SSSR count). The van der Waals surface area contributed by atoms with Gasteiger partial charge in [0.25, 0.3) is 5.91 Å². The van der Waals surface area contributed by atoms with Crippen LogP contribution in [0.1, 0.15) is 34.7 Å². The van der Waals surface area contributed by atoms with Crippen molar-refractivity contribution in [2.75, 3.05) is 6.54 Å². The van der Waals surface area contributed by atoms with Gasteiger partial charge in [0.2, 0.25) is 5.91 Å². The van der Waals surface area contributed by atoms with Crippen LogP contribution in [0.5, 0.6) is 0 Å². The number of aromatic nitrogens is 2. The SMILES string of the molecule is O=C(NO)c1cn2c(n1)CN(C(=O)CCCc1ccccc1)CC2. The third kappa shape index (κ3) is 3.62. The van der Waals surface area contributed by atoms with Crippen molar-refractivity contribution in [3.63, 3.8) is 0 Å². The standard InChI is InChI=1S/C17H20N4O3/c22-16(8-4-7-13-5-2-1-3-6-13)21-10-9-20-11-14(17(23)19-24)18-15(20)12-21/h1-3,5-6,11,24H,4,7-10,12H2,(H,19,23). The molecule has 126 valence electrons. The first-order valence-corrected chi connectivity index (χ1v) is 7.99. The van der Waals surface area contributed by atoms with Crippen molar-refractivity contribution in [1.82, 2.24) is 19.9 Å². The Balaban J connectivity index is 1.54. The van der Waals surface area contributed by atoms with E-state index in [2.05, 4.69) is 17.1 Å². The van der Waals surface area contributed by atoms with Crippen molar-refractivity contribution in [3.8, 4) is 0 Å². The van der Waals surface area contributed by atoms with E-state index in [1.165, 1.54) is 5.56 Å². The molecule has 0 atom stereocenters. The molecule has 1 aliphatic rings. The molecule has 0 aliphatic carbocycles. The van der Waals surface area contributed by atoms with E-state index in [0.717, 1.165) is 12.8 Å². The third-order valence-corrected chi connectivity index (χ3v) is 4.19.